The number of ether oxygens (including phenoxy) is 2. The van der Waals surface area contributed by atoms with Gasteiger partial charge in [-0.1, -0.05) is 12.1 Å². The first-order valence-electron chi connectivity index (χ1n) is 9.20. The normalized spacial score (nSPS) is 19.8. The molecule has 0 spiro atoms. The maximum absolute atomic E-state index is 13.0. The minimum atomic E-state index is -0.255. The summed E-state index contributed by atoms with van der Waals surface area (Å²) in [7, 11) is 0. The van der Waals surface area contributed by atoms with Crippen molar-refractivity contribution in [2.75, 3.05) is 26.4 Å². The molecule has 1 aliphatic carbocycles. The van der Waals surface area contributed by atoms with Gasteiger partial charge in [0.1, 0.15) is 5.82 Å². The summed E-state index contributed by atoms with van der Waals surface area (Å²) in [6.07, 6.45) is 5.31. The maximum atomic E-state index is 13.0. The average molecular weight is 350 g/mol. The zero-order valence-electron chi connectivity index (χ0n) is 14.6. The molecule has 1 N–H and O–H groups in total. The molecule has 5 nitrogen and oxygen atoms in total. The van der Waals surface area contributed by atoms with Crippen molar-refractivity contribution in [3.8, 4) is 0 Å². The number of hydrogen-bond donors (Lipinski definition) is 1. The summed E-state index contributed by atoms with van der Waals surface area (Å²) in [5.74, 6) is -0.255. The molecule has 1 unspecified atom stereocenters. The predicted octanol–water partition coefficient (Wildman–Crippen LogP) is 3.09. The van der Waals surface area contributed by atoms with Gasteiger partial charge in [-0.3, -0.25) is 0 Å². The Morgan fingerprint density at radius 1 is 1.28 bits per heavy atom. The molecule has 1 saturated carbocycles. The summed E-state index contributed by atoms with van der Waals surface area (Å²) in [4.78, 5) is 14.3. The van der Waals surface area contributed by atoms with Gasteiger partial charge >= 0.3 is 6.03 Å². The number of amides is 2. The van der Waals surface area contributed by atoms with E-state index < -0.39 is 0 Å². The van der Waals surface area contributed by atoms with Crippen LogP contribution in [0.1, 0.15) is 37.7 Å². The lowest BCUT2D eigenvalue weighted by atomic mass is 10.2. The summed E-state index contributed by atoms with van der Waals surface area (Å²) >= 11 is 0. The Kier molecular flexibility index (Phi) is 6.64. The van der Waals surface area contributed by atoms with Crippen LogP contribution < -0.4 is 5.32 Å². The van der Waals surface area contributed by atoms with Crippen LogP contribution in [-0.4, -0.2) is 49.4 Å². The van der Waals surface area contributed by atoms with Gasteiger partial charge in [-0.25, -0.2) is 9.18 Å². The number of halogens is 1. The number of benzene rings is 1. The molecule has 3 rings (SSSR count). The van der Waals surface area contributed by atoms with E-state index in [1.54, 1.807) is 12.1 Å². The fourth-order valence-corrected chi connectivity index (χ4v) is 3.00. The Morgan fingerprint density at radius 3 is 2.76 bits per heavy atom. The minimum absolute atomic E-state index is 0.0500. The molecule has 1 atom stereocenters. The quantitative estimate of drug-likeness (QED) is 0.697. The molecular formula is C19H27FN2O3. The van der Waals surface area contributed by atoms with Crippen molar-refractivity contribution < 1.29 is 18.7 Å². The van der Waals surface area contributed by atoms with Crippen LogP contribution in [0, 0.1) is 5.82 Å². The van der Waals surface area contributed by atoms with Gasteiger partial charge in [-0.15, -0.1) is 0 Å². The van der Waals surface area contributed by atoms with E-state index >= 15 is 0 Å². The Balaban J connectivity index is 1.34. The molecule has 138 valence electrons. The van der Waals surface area contributed by atoms with E-state index in [4.69, 9.17) is 9.47 Å². The van der Waals surface area contributed by atoms with Crippen LogP contribution in [0.2, 0.25) is 0 Å². The highest BCUT2D eigenvalue weighted by Gasteiger charge is 2.32. The molecule has 2 fully saturated rings. The highest BCUT2D eigenvalue weighted by atomic mass is 19.1. The SMILES string of the molecule is O=C(NCCCOCC1CCCO1)N(Cc1ccc(F)cc1)C1CC1. The summed E-state index contributed by atoms with van der Waals surface area (Å²) in [5.41, 5.74) is 0.948. The van der Waals surface area contributed by atoms with Crippen LogP contribution >= 0.6 is 0 Å². The molecular weight excluding hydrogens is 323 g/mol. The number of nitrogens with zero attached hydrogens (tertiary/aromatic N) is 1. The van der Waals surface area contributed by atoms with Crippen molar-refractivity contribution in [3.63, 3.8) is 0 Å². The van der Waals surface area contributed by atoms with E-state index in [0.717, 1.165) is 44.3 Å². The molecule has 2 amide bonds. The summed E-state index contributed by atoms with van der Waals surface area (Å²) in [6.45, 7) is 3.23. The third-order valence-corrected chi connectivity index (χ3v) is 4.58. The first-order valence-corrected chi connectivity index (χ1v) is 9.20. The lowest BCUT2D eigenvalue weighted by Crippen LogP contribution is -2.41. The third-order valence-electron chi connectivity index (χ3n) is 4.58. The second-order valence-electron chi connectivity index (χ2n) is 6.78. The lowest BCUT2D eigenvalue weighted by Gasteiger charge is -2.23. The molecule has 6 heteroatoms. The molecule has 1 aliphatic heterocycles. The van der Waals surface area contributed by atoms with E-state index in [1.165, 1.54) is 12.1 Å². The molecule has 1 aromatic carbocycles. The van der Waals surface area contributed by atoms with Crippen molar-refractivity contribution >= 4 is 6.03 Å². The van der Waals surface area contributed by atoms with Crippen molar-refractivity contribution in [2.45, 2.75) is 50.8 Å². The molecule has 0 bridgehead atoms. The standard InChI is InChI=1S/C19H27FN2O3/c20-16-6-4-15(5-7-16)13-22(17-8-9-17)19(23)21-10-2-11-24-14-18-3-1-12-25-18/h4-7,17-18H,1-3,8-14H2,(H,21,23). The number of hydrogen-bond acceptors (Lipinski definition) is 3. The topological polar surface area (TPSA) is 50.8 Å². The van der Waals surface area contributed by atoms with Crippen LogP contribution in [0.25, 0.3) is 0 Å². The van der Waals surface area contributed by atoms with Gasteiger partial charge < -0.3 is 19.7 Å². The Bertz CT molecular complexity index is 542. The Labute approximate surface area is 148 Å². The van der Waals surface area contributed by atoms with Crippen LogP contribution in [0.4, 0.5) is 9.18 Å². The molecule has 0 radical (unpaired) electrons. The van der Waals surface area contributed by atoms with Crippen LogP contribution in [0.3, 0.4) is 0 Å². The molecule has 1 saturated heterocycles. The predicted molar refractivity (Wildman–Crippen MR) is 92.8 cm³/mol. The monoisotopic (exact) mass is 350 g/mol. The van der Waals surface area contributed by atoms with Crippen molar-refractivity contribution in [2.24, 2.45) is 0 Å². The first kappa shape index (κ1) is 18.1. The maximum Gasteiger partial charge on any atom is 0.317 e. The van der Waals surface area contributed by atoms with Gasteiger partial charge in [0.05, 0.1) is 12.7 Å². The largest absolute Gasteiger partial charge is 0.379 e. The zero-order valence-corrected chi connectivity index (χ0v) is 14.6. The van der Waals surface area contributed by atoms with Gasteiger partial charge in [0.15, 0.2) is 0 Å². The van der Waals surface area contributed by atoms with Crippen LogP contribution in [0.5, 0.6) is 0 Å². The van der Waals surface area contributed by atoms with Crippen molar-refractivity contribution in [1.29, 1.82) is 0 Å². The van der Waals surface area contributed by atoms with Gasteiger partial charge in [0, 0.05) is 32.3 Å². The van der Waals surface area contributed by atoms with Gasteiger partial charge in [-0.05, 0) is 49.8 Å². The third kappa shape index (κ3) is 5.97. The molecule has 25 heavy (non-hydrogen) atoms. The molecule has 1 heterocycles. The van der Waals surface area contributed by atoms with Gasteiger partial charge in [0.2, 0.25) is 0 Å². The van der Waals surface area contributed by atoms with Crippen LogP contribution in [-0.2, 0) is 16.0 Å². The van der Waals surface area contributed by atoms with E-state index in [2.05, 4.69) is 5.32 Å². The van der Waals surface area contributed by atoms with E-state index in [9.17, 15) is 9.18 Å². The Hall–Kier alpha value is -1.66. The lowest BCUT2D eigenvalue weighted by molar-refractivity contribution is 0.0167. The van der Waals surface area contributed by atoms with E-state index in [-0.39, 0.29) is 18.0 Å². The van der Waals surface area contributed by atoms with Gasteiger partial charge in [0.25, 0.3) is 0 Å². The number of rotatable bonds is 9. The summed E-state index contributed by atoms with van der Waals surface area (Å²) in [5, 5.41) is 2.97. The second kappa shape index (κ2) is 9.15. The van der Waals surface area contributed by atoms with Gasteiger partial charge in [-0.2, -0.15) is 0 Å². The van der Waals surface area contributed by atoms with Crippen LogP contribution in [0.15, 0.2) is 24.3 Å². The number of carbonyl (C=O) groups is 1. The number of urea groups is 1. The molecule has 2 aliphatic rings. The summed E-state index contributed by atoms with van der Waals surface area (Å²) < 4.78 is 24.1. The van der Waals surface area contributed by atoms with E-state index in [1.807, 2.05) is 4.90 Å². The zero-order chi connectivity index (χ0) is 17.5. The summed E-state index contributed by atoms with van der Waals surface area (Å²) in [6, 6.07) is 6.59. The second-order valence-corrected chi connectivity index (χ2v) is 6.78. The molecule has 0 aromatic heterocycles. The van der Waals surface area contributed by atoms with Crippen molar-refractivity contribution in [1.82, 2.24) is 10.2 Å². The number of carbonyl (C=O) groups excluding carboxylic acids is 1. The first-order chi connectivity index (χ1) is 12.2. The highest BCUT2D eigenvalue weighted by Crippen LogP contribution is 2.28. The minimum Gasteiger partial charge on any atom is -0.379 e. The smallest absolute Gasteiger partial charge is 0.317 e. The Morgan fingerprint density at radius 2 is 2.08 bits per heavy atom. The highest BCUT2D eigenvalue weighted by molar-refractivity contribution is 5.74. The van der Waals surface area contributed by atoms with E-state index in [0.29, 0.717) is 32.3 Å². The fourth-order valence-electron chi connectivity index (χ4n) is 3.00. The average Bonchev–Trinajstić information content (AvgIpc) is 3.32. The number of nitrogens with one attached hydrogen (secondary N) is 1. The van der Waals surface area contributed by atoms with Crippen molar-refractivity contribution in [3.05, 3.63) is 35.6 Å². The molecule has 1 aromatic rings. The fraction of sp³-hybridized carbons (Fsp3) is 0.632.